The van der Waals surface area contributed by atoms with E-state index in [1.165, 1.54) is 12.5 Å². The predicted molar refractivity (Wildman–Crippen MR) is 90.7 cm³/mol. The summed E-state index contributed by atoms with van der Waals surface area (Å²) in [5, 5.41) is 0. The molecule has 4 atom stereocenters. The van der Waals surface area contributed by atoms with Crippen LogP contribution in [0.3, 0.4) is 0 Å². The maximum atomic E-state index is 12.8. The number of aryl methyl sites for hydroxylation is 1. The molecule has 0 N–H and O–H groups in total. The minimum absolute atomic E-state index is 0.00163. The van der Waals surface area contributed by atoms with E-state index in [4.69, 9.17) is 9.47 Å². The second-order valence-corrected chi connectivity index (χ2v) is 7.79. The van der Waals surface area contributed by atoms with Gasteiger partial charge in [0.2, 0.25) is 0 Å². The fraction of sp³-hybridized carbons (Fsp3) is 0.500. The molecular formula is C20H21NO4. The van der Waals surface area contributed by atoms with Gasteiger partial charge in [0.25, 0.3) is 0 Å². The van der Waals surface area contributed by atoms with Crippen LogP contribution in [0.15, 0.2) is 24.3 Å². The zero-order chi connectivity index (χ0) is 17.6. The van der Waals surface area contributed by atoms with Crippen LogP contribution in [0.25, 0.3) is 0 Å². The first-order valence-corrected chi connectivity index (χ1v) is 8.83. The summed E-state index contributed by atoms with van der Waals surface area (Å²) >= 11 is 0. The standard InChI is InChI=1S/C20H21NO4/c1-11-4-5-13-10-15-20(25-12(2)22)7-6-14(23)18-19(20,8-9-21(15)3)16(13)17(11)24-18/h4-7,15,18H,8-10H2,1-3H3/t15-,18+,19+,20-/m1/s1. The molecule has 2 aliphatic carbocycles. The number of carbonyl (C=O) groups excluding carboxylic acids is 2. The Morgan fingerprint density at radius 2 is 2.20 bits per heavy atom. The number of hydrogen-bond donors (Lipinski definition) is 0. The van der Waals surface area contributed by atoms with E-state index in [9.17, 15) is 9.59 Å². The molecule has 1 saturated heterocycles. The predicted octanol–water partition coefficient (Wildman–Crippen LogP) is 1.69. The summed E-state index contributed by atoms with van der Waals surface area (Å²) in [7, 11) is 2.07. The highest BCUT2D eigenvalue weighted by Gasteiger charge is 2.73. The monoisotopic (exact) mass is 339 g/mol. The molecule has 0 radical (unpaired) electrons. The van der Waals surface area contributed by atoms with E-state index >= 15 is 0 Å². The van der Waals surface area contributed by atoms with Gasteiger partial charge in [-0.25, -0.2) is 0 Å². The molecule has 25 heavy (non-hydrogen) atoms. The van der Waals surface area contributed by atoms with Gasteiger partial charge in [-0.15, -0.1) is 0 Å². The normalized spacial score (nSPS) is 37.5. The number of carbonyl (C=O) groups is 2. The van der Waals surface area contributed by atoms with Crippen molar-refractivity contribution < 1.29 is 19.1 Å². The summed E-state index contributed by atoms with van der Waals surface area (Å²) in [6, 6.07) is 4.21. The van der Waals surface area contributed by atoms with E-state index in [1.807, 2.05) is 13.0 Å². The van der Waals surface area contributed by atoms with Crippen LogP contribution >= 0.6 is 0 Å². The number of likely N-dealkylation sites (N-methyl/N-ethyl adjacent to an activating group) is 1. The summed E-state index contributed by atoms with van der Waals surface area (Å²) in [5.41, 5.74) is 1.88. The van der Waals surface area contributed by atoms with E-state index in [2.05, 4.69) is 24.1 Å². The third kappa shape index (κ3) is 1.54. The molecule has 2 heterocycles. The van der Waals surface area contributed by atoms with E-state index in [-0.39, 0.29) is 17.8 Å². The molecule has 0 aromatic heterocycles. The fourth-order valence-electron chi connectivity index (χ4n) is 5.67. The van der Waals surface area contributed by atoms with Crippen molar-refractivity contribution in [3.05, 3.63) is 41.0 Å². The molecule has 5 heteroatoms. The van der Waals surface area contributed by atoms with Gasteiger partial charge in [0.05, 0.1) is 11.5 Å². The minimum Gasteiger partial charge on any atom is -0.481 e. The lowest BCUT2D eigenvalue weighted by Gasteiger charge is -2.61. The molecule has 1 aromatic carbocycles. The zero-order valence-electron chi connectivity index (χ0n) is 14.7. The molecule has 2 bridgehead atoms. The Morgan fingerprint density at radius 1 is 1.40 bits per heavy atom. The van der Waals surface area contributed by atoms with Crippen LogP contribution in [0.5, 0.6) is 5.75 Å². The lowest BCUT2D eigenvalue weighted by molar-refractivity contribution is -0.188. The quantitative estimate of drug-likeness (QED) is 0.729. The molecule has 0 saturated carbocycles. The van der Waals surface area contributed by atoms with Crippen LogP contribution in [0.4, 0.5) is 0 Å². The number of hydrogen-bond acceptors (Lipinski definition) is 5. The molecular weight excluding hydrogens is 318 g/mol. The number of piperidine rings is 1. The second-order valence-electron chi connectivity index (χ2n) is 7.79. The number of ketones is 1. The Balaban J connectivity index is 1.89. The number of nitrogens with zero attached hydrogens (tertiary/aromatic N) is 1. The third-order valence-corrected chi connectivity index (χ3v) is 6.63. The number of likely N-dealkylation sites (tertiary alicyclic amines) is 1. The van der Waals surface area contributed by atoms with Crippen LogP contribution < -0.4 is 4.74 Å². The average molecular weight is 339 g/mol. The van der Waals surface area contributed by atoms with Gasteiger partial charge in [-0.3, -0.25) is 14.5 Å². The summed E-state index contributed by atoms with van der Waals surface area (Å²) in [6.45, 7) is 4.31. The van der Waals surface area contributed by atoms with Gasteiger partial charge < -0.3 is 9.47 Å². The Kier molecular flexibility index (Phi) is 2.74. The first kappa shape index (κ1) is 15.1. The first-order chi connectivity index (χ1) is 11.9. The van der Waals surface area contributed by atoms with E-state index in [0.29, 0.717) is 0 Å². The lowest BCUT2D eigenvalue weighted by atomic mass is 9.50. The van der Waals surface area contributed by atoms with Gasteiger partial charge >= 0.3 is 5.97 Å². The molecule has 0 amide bonds. The van der Waals surface area contributed by atoms with Crippen LogP contribution in [0, 0.1) is 6.92 Å². The molecule has 5 nitrogen and oxygen atoms in total. The van der Waals surface area contributed by atoms with Gasteiger partial charge in [-0.1, -0.05) is 12.1 Å². The summed E-state index contributed by atoms with van der Waals surface area (Å²) in [4.78, 5) is 27.1. The lowest BCUT2D eigenvalue weighted by Crippen LogP contribution is -2.75. The third-order valence-electron chi connectivity index (χ3n) is 6.63. The highest BCUT2D eigenvalue weighted by molar-refractivity contribution is 5.99. The molecule has 130 valence electrons. The van der Waals surface area contributed by atoms with Crippen molar-refractivity contribution in [1.82, 2.24) is 4.90 Å². The first-order valence-electron chi connectivity index (χ1n) is 8.83. The largest absolute Gasteiger partial charge is 0.481 e. The van der Waals surface area contributed by atoms with Gasteiger partial charge in [0, 0.05) is 12.5 Å². The number of esters is 1. The molecule has 2 aliphatic heterocycles. The average Bonchev–Trinajstić information content (AvgIpc) is 2.91. The van der Waals surface area contributed by atoms with E-state index < -0.39 is 17.1 Å². The second kappa shape index (κ2) is 4.52. The van der Waals surface area contributed by atoms with Crippen molar-refractivity contribution in [3.8, 4) is 5.75 Å². The molecule has 5 rings (SSSR count). The Hall–Kier alpha value is -2.14. The SMILES string of the molecule is CC(=O)O[C@@]12C=CC(=O)[C@@H]3Oc4c(C)ccc5c4[C@@]31CCN(C)[C@@H]2C5. The minimum atomic E-state index is -0.851. The van der Waals surface area contributed by atoms with Crippen LogP contribution in [0.2, 0.25) is 0 Å². The Bertz CT molecular complexity index is 859. The van der Waals surface area contributed by atoms with Crippen molar-refractivity contribution in [2.75, 3.05) is 13.6 Å². The molecule has 1 spiro atoms. The van der Waals surface area contributed by atoms with Crippen molar-refractivity contribution >= 4 is 11.8 Å². The number of rotatable bonds is 1. The topological polar surface area (TPSA) is 55.8 Å². The summed E-state index contributed by atoms with van der Waals surface area (Å²) < 4.78 is 12.3. The smallest absolute Gasteiger partial charge is 0.303 e. The van der Waals surface area contributed by atoms with Gasteiger partial charge in [-0.2, -0.15) is 0 Å². The number of ether oxygens (including phenoxy) is 2. The number of benzene rings is 1. The fourth-order valence-corrected chi connectivity index (χ4v) is 5.67. The molecule has 1 fully saturated rings. The molecule has 1 aromatic rings. The van der Waals surface area contributed by atoms with Gasteiger partial charge in [0.1, 0.15) is 5.75 Å². The highest BCUT2D eigenvalue weighted by atomic mass is 16.6. The van der Waals surface area contributed by atoms with Crippen LogP contribution in [0.1, 0.15) is 30.0 Å². The van der Waals surface area contributed by atoms with Crippen molar-refractivity contribution in [1.29, 1.82) is 0 Å². The van der Waals surface area contributed by atoms with Crippen LogP contribution in [-0.2, 0) is 26.2 Å². The molecule has 0 unspecified atom stereocenters. The van der Waals surface area contributed by atoms with Crippen molar-refractivity contribution in [2.45, 2.75) is 49.9 Å². The molecule has 4 aliphatic rings. The van der Waals surface area contributed by atoms with Crippen LogP contribution in [-0.4, -0.2) is 48.0 Å². The Morgan fingerprint density at radius 3 is 2.96 bits per heavy atom. The highest BCUT2D eigenvalue weighted by Crippen LogP contribution is 2.63. The maximum Gasteiger partial charge on any atom is 0.303 e. The van der Waals surface area contributed by atoms with Crippen molar-refractivity contribution in [2.24, 2.45) is 0 Å². The van der Waals surface area contributed by atoms with Gasteiger partial charge in [0.15, 0.2) is 17.5 Å². The van der Waals surface area contributed by atoms with E-state index in [0.717, 1.165) is 36.3 Å². The zero-order valence-corrected chi connectivity index (χ0v) is 14.7. The van der Waals surface area contributed by atoms with Crippen molar-refractivity contribution in [3.63, 3.8) is 0 Å². The summed E-state index contributed by atoms with van der Waals surface area (Å²) in [5.74, 6) is 0.468. The van der Waals surface area contributed by atoms with Gasteiger partial charge in [-0.05, 0) is 56.6 Å². The van der Waals surface area contributed by atoms with E-state index in [1.54, 1.807) is 6.08 Å². The summed E-state index contributed by atoms with van der Waals surface area (Å²) in [6.07, 6.45) is 4.31. The maximum absolute atomic E-state index is 12.8. The Labute approximate surface area is 146 Å².